The van der Waals surface area contributed by atoms with Crippen molar-refractivity contribution in [2.75, 3.05) is 11.8 Å². The van der Waals surface area contributed by atoms with Gasteiger partial charge in [0, 0.05) is 11.5 Å². The lowest BCUT2D eigenvalue weighted by molar-refractivity contribution is 0.292. The normalized spacial score (nSPS) is 11.6. The maximum absolute atomic E-state index is 15.1. The van der Waals surface area contributed by atoms with E-state index in [4.69, 9.17) is 9.47 Å². The van der Waals surface area contributed by atoms with E-state index in [0.717, 1.165) is 31.1 Å². The molecule has 0 unspecified atom stereocenters. The minimum atomic E-state index is -4.52. The Hall–Kier alpha value is -3.87. The van der Waals surface area contributed by atoms with Crippen LogP contribution in [0.25, 0.3) is 11.0 Å². The molecular weight excluding hydrogens is 475 g/mol. The van der Waals surface area contributed by atoms with Crippen molar-refractivity contribution in [3.8, 4) is 11.6 Å². The number of ether oxygens (including phenoxy) is 2. The maximum atomic E-state index is 15.1. The standard InChI is InChI=1S/C21H18F3N5O4S/c1-3-16-13-7-12(9-25-20(13)28-27-16)33-10-14-15(23)4-5-17(19(14)24)29-34(30,31)18-6-11(22)8-26-21(18)32-2/h4-9,29H,3,10H2,1-2H3,(H,25,27,28). The number of benzene rings is 1. The van der Waals surface area contributed by atoms with E-state index >= 15 is 4.39 Å². The molecule has 0 aliphatic rings. The maximum Gasteiger partial charge on any atom is 0.267 e. The van der Waals surface area contributed by atoms with Crippen molar-refractivity contribution in [3.05, 3.63) is 65.4 Å². The molecular formula is C21H18F3N5O4S. The minimum absolute atomic E-state index is 0.240. The van der Waals surface area contributed by atoms with E-state index in [9.17, 15) is 17.2 Å². The Morgan fingerprint density at radius 3 is 2.65 bits per heavy atom. The van der Waals surface area contributed by atoms with Crippen molar-refractivity contribution in [1.82, 2.24) is 20.2 Å². The topological polar surface area (TPSA) is 119 Å². The van der Waals surface area contributed by atoms with Gasteiger partial charge in [-0.1, -0.05) is 6.92 Å². The number of aromatic amines is 1. The molecule has 4 rings (SSSR count). The van der Waals surface area contributed by atoms with Crippen LogP contribution in [0.5, 0.6) is 11.6 Å². The number of halogens is 3. The summed E-state index contributed by atoms with van der Waals surface area (Å²) >= 11 is 0. The molecule has 0 atom stereocenters. The number of nitrogens with one attached hydrogen (secondary N) is 2. The molecule has 9 nitrogen and oxygen atoms in total. The van der Waals surface area contributed by atoms with Crippen LogP contribution < -0.4 is 14.2 Å². The van der Waals surface area contributed by atoms with E-state index in [-0.39, 0.29) is 5.75 Å². The summed E-state index contributed by atoms with van der Waals surface area (Å²) in [6.07, 6.45) is 2.78. The summed E-state index contributed by atoms with van der Waals surface area (Å²) in [5.41, 5.74) is 0.208. The number of H-pyrrole nitrogens is 1. The van der Waals surface area contributed by atoms with Crippen LogP contribution in [0.2, 0.25) is 0 Å². The third-order valence-corrected chi connectivity index (χ3v) is 6.25. The first-order valence-electron chi connectivity index (χ1n) is 9.88. The number of fused-ring (bicyclic) bond motifs is 1. The van der Waals surface area contributed by atoms with Gasteiger partial charge >= 0.3 is 0 Å². The molecule has 34 heavy (non-hydrogen) atoms. The Kier molecular flexibility index (Phi) is 6.28. The van der Waals surface area contributed by atoms with E-state index in [1.54, 1.807) is 6.07 Å². The van der Waals surface area contributed by atoms with Gasteiger partial charge in [-0.3, -0.25) is 9.82 Å². The van der Waals surface area contributed by atoms with Gasteiger partial charge in [0.15, 0.2) is 16.4 Å². The Bertz CT molecular complexity index is 1480. The van der Waals surface area contributed by atoms with E-state index < -0.39 is 56.1 Å². The predicted molar refractivity (Wildman–Crippen MR) is 116 cm³/mol. The number of sulfonamides is 1. The van der Waals surface area contributed by atoms with Gasteiger partial charge in [-0.15, -0.1) is 0 Å². The zero-order valence-corrected chi connectivity index (χ0v) is 18.7. The van der Waals surface area contributed by atoms with Gasteiger partial charge in [-0.25, -0.2) is 31.6 Å². The molecule has 0 aliphatic carbocycles. The SMILES string of the molecule is CCc1n[nH]c2ncc(OCc3c(F)ccc(NS(=O)(=O)c4cc(F)cnc4OC)c3F)cc12. The highest BCUT2D eigenvalue weighted by Gasteiger charge is 2.25. The van der Waals surface area contributed by atoms with Crippen LogP contribution in [0.4, 0.5) is 18.9 Å². The lowest BCUT2D eigenvalue weighted by Crippen LogP contribution is -2.17. The van der Waals surface area contributed by atoms with Crippen LogP contribution in [0.15, 0.2) is 41.6 Å². The van der Waals surface area contributed by atoms with Crippen molar-refractivity contribution in [2.24, 2.45) is 0 Å². The van der Waals surface area contributed by atoms with E-state index in [2.05, 4.69) is 20.2 Å². The first-order chi connectivity index (χ1) is 16.2. The number of methoxy groups -OCH3 is 1. The summed E-state index contributed by atoms with van der Waals surface area (Å²) in [6, 6.07) is 4.09. The smallest absolute Gasteiger partial charge is 0.267 e. The fourth-order valence-corrected chi connectivity index (χ4v) is 4.39. The molecule has 2 N–H and O–H groups in total. The third kappa shape index (κ3) is 4.46. The van der Waals surface area contributed by atoms with Crippen LogP contribution in [0, 0.1) is 17.5 Å². The van der Waals surface area contributed by atoms with Crippen molar-refractivity contribution < 1.29 is 31.1 Å². The molecule has 1 aromatic carbocycles. The molecule has 0 radical (unpaired) electrons. The molecule has 13 heteroatoms. The second kappa shape index (κ2) is 9.17. The summed E-state index contributed by atoms with van der Waals surface area (Å²) in [6.45, 7) is 1.36. The number of nitrogens with zero attached hydrogens (tertiary/aromatic N) is 3. The Balaban J connectivity index is 1.61. The van der Waals surface area contributed by atoms with Crippen molar-refractivity contribution in [1.29, 1.82) is 0 Å². The lowest BCUT2D eigenvalue weighted by atomic mass is 10.2. The van der Waals surface area contributed by atoms with Crippen molar-refractivity contribution in [2.45, 2.75) is 24.8 Å². The number of aryl methyl sites for hydroxylation is 1. The number of rotatable bonds is 8. The zero-order chi connectivity index (χ0) is 24.5. The second-order valence-electron chi connectivity index (χ2n) is 7.03. The number of hydrogen-bond donors (Lipinski definition) is 2. The molecule has 0 saturated heterocycles. The van der Waals surface area contributed by atoms with Crippen LogP contribution in [0.3, 0.4) is 0 Å². The van der Waals surface area contributed by atoms with Gasteiger partial charge < -0.3 is 9.47 Å². The molecule has 0 aliphatic heterocycles. The highest BCUT2D eigenvalue weighted by atomic mass is 32.2. The largest absolute Gasteiger partial charge is 0.487 e. The Morgan fingerprint density at radius 2 is 1.91 bits per heavy atom. The number of aromatic nitrogens is 4. The second-order valence-corrected chi connectivity index (χ2v) is 8.68. The highest BCUT2D eigenvalue weighted by Crippen LogP contribution is 2.28. The summed E-state index contributed by atoms with van der Waals surface area (Å²) in [4.78, 5) is 7.06. The summed E-state index contributed by atoms with van der Waals surface area (Å²) < 4.78 is 80.8. The van der Waals surface area contributed by atoms with Crippen LogP contribution >= 0.6 is 0 Å². The van der Waals surface area contributed by atoms with Gasteiger partial charge in [0.2, 0.25) is 5.88 Å². The predicted octanol–water partition coefficient (Wildman–Crippen LogP) is 3.72. The van der Waals surface area contributed by atoms with E-state index in [1.807, 2.05) is 11.6 Å². The van der Waals surface area contributed by atoms with Gasteiger partial charge in [0.25, 0.3) is 10.0 Å². The van der Waals surface area contributed by atoms with Crippen LogP contribution in [-0.2, 0) is 23.1 Å². The number of pyridine rings is 2. The molecule has 0 spiro atoms. The van der Waals surface area contributed by atoms with E-state index in [1.165, 1.54) is 6.20 Å². The Morgan fingerprint density at radius 1 is 1.12 bits per heavy atom. The summed E-state index contributed by atoms with van der Waals surface area (Å²) in [5, 5.41) is 7.61. The molecule has 178 valence electrons. The molecule has 4 aromatic rings. The monoisotopic (exact) mass is 493 g/mol. The lowest BCUT2D eigenvalue weighted by Gasteiger charge is -2.14. The summed E-state index contributed by atoms with van der Waals surface area (Å²) in [5.74, 6) is -3.24. The average Bonchev–Trinajstić information content (AvgIpc) is 3.23. The fourth-order valence-electron chi connectivity index (χ4n) is 3.20. The first kappa shape index (κ1) is 23.3. The fraction of sp³-hybridized carbons (Fsp3) is 0.190. The number of anilines is 1. The first-order valence-corrected chi connectivity index (χ1v) is 11.4. The van der Waals surface area contributed by atoms with Gasteiger partial charge in [-0.05, 0) is 24.6 Å². The highest BCUT2D eigenvalue weighted by molar-refractivity contribution is 7.92. The van der Waals surface area contributed by atoms with Gasteiger partial charge in [0.1, 0.15) is 24.0 Å². The van der Waals surface area contributed by atoms with Crippen LogP contribution in [0.1, 0.15) is 18.2 Å². The molecule has 0 saturated carbocycles. The molecule has 3 aromatic heterocycles. The van der Waals surface area contributed by atoms with Gasteiger partial charge in [0.05, 0.1) is 36.4 Å². The van der Waals surface area contributed by atoms with Crippen molar-refractivity contribution >= 4 is 26.7 Å². The molecule has 0 fully saturated rings. The van der Waals surface area contributed by atoms with E-state index in [0.29, 0.717) is 23.5 Å². The zero-order valence-electron chi connectivity index (χ0n) is 17.9. The Labute approximate surface area is 192 Å². The summed E-state index contributed by atoms with van der Waals surface area (Å²) in [7, 11) is -3.38. The number of hydrogen-bond acceptors (Lipinski definition) is 7. The molecule has 0 amide bonds. The van der Waals surface area contributed by atoms with Gasteiger partial charge in [-0.2, -0.15) is 5.10 Å². The third-order valence-electron chi connectivity index (χ3n) is 4.89. The molecule has 3 heterocycles. The van der Waals surface area contributed by atoms with Crippen LogP contribution in [-0.4, -0.2) is 35.7 Å². The van der Waals surface area contributed by atoms with Crippen molar-refractivity contribution in [3.63, 3.8) is 0 Å². The quantitative estimate of drug-likeness (QED) is 0.384. The minimum Gasteiger partial charge on any atom is -0.487 e. The molecule has 0 bridgehead atoms. The average molecular weight is 493 g/mol.